The van der Waals surface area contributed by atoms with Gasteiger partial charge >= 0.3 is 6.18 Å². The summed E-state index contributed by atoms with van der Waals surface area (Å²) >= 11 is 0. The van der Waals surface area contributed by atoms with Crippen LogP contribution in [-0.4, -0.2) is 30.5 Å². The van der Waals surface area contributed by atoms with Crippen molar-refractivity contribution in [3.05, 3.63) is 72.1 Å². The maximum Gasteiger partial charge on any atom is 0.417 e. The van der Waals surface area contributed by atoms with E-state index in [-0.39, 0.29) is 28.3 Å². The number of rotatable bonds is 3. The molecular weight excluding hydrogens is 385 g/mol. The minimum Gasteiger partial charge on any atom is -0.316 e. The van der Waals surface area contributed by atoms with Gasteiger partial charge in [-0.25, -0.2) is 14.5 Å². The predicted octanol–water partition coefficient (Wildman–Crippen LogP) is 3.77. The Balaban J connectivity index is 1.73. The van der Waals surface area contributed by atoms with Crippen LogP contribution in [0, 0.1) is 6.92 Å². The monoisotopic (exact) mass is 398 g/mol. The zero-order chi connectivity index (χ0) is 20.6. The lowest BCUT2D eigenvalue weighted by Crippen LogP contribution is -2.14. The Kier molecular flexibility index (Phi) is 4.45. The first-order valence-corrected chi connectivity index (χ1v) is 8.44. The number of aryl methyl sites for hydroxylation is 1. The average molecular weight is 398 g/mol. The van der Waals surface area contributed by atoms with Gasteiger partial charge in [0.15, 0.2) is 5.65 Å². The Morgan fingerprint density at radius 1 is 1.07 bits per heavy atom. The maximum absolute atomic E-state index is 13.3. The van der Waals surface area contributed by atoms with E-state index >= 15 is 0 Å². The lowest BCUT2D eigenvalue weighted by atomic mass is 10.0. The molecule has 0 spiro atoms. The van der Waals surface area contributed by atoms with Gasteiger partial charge in [0.25, 0.3) is 5.91 Å². The van der Waals surface area contributed by atoms with Crippen molar-refractivity contribution >= 4 is 17.2 Å². The van der Waals surface area contributed by atoms with Crippen LogP contribution in [0.25, 0.3) is 16.9 Å². The number of carbonyl (C=O) groups excluding carboxylic acids is 1. The molecule has 0 radical (unpaired) electrons. The Morgan fingerprint density at radius 2 is 1.86 bits per heavy atom. The summed E-state index contributed by atoms with van der Waals surface area (Å²) in [5, 5.41) is 6.68. The molecule has 3 aromatic heterocycles. The number of alkyl halides is 3. The van der Waals surface area contributed by atoms with E-state index in [1.54, 1.807) is 6.92 Å². The van der Waals surface area contributed by atoms with E-state index in [4.69, 9.17) is 0 Å². The molecule has 0 aliphatic rings. The highest BCUT2D eigenvalue weighted by Gasteiger charge is 2.33. The third-order valence-electron chi connectivity index (χ3n) is 4.14. The summed E-state index contributed by atoms with van der Waals surface area (Å²) in [5.74, 6) is -0.532. The number of hydrogen-bond acceptors (Lipinski definition) is 5. The lowest BCUT2D eigenvalue weighted by Gasteiger charge is -2.12. The quantitative estimate of drug-likeness (QED) is 0.568. The Labute approximate surface area is 162 Å². The molecule has 1 N–H and O–H groups in total. The molecule has 0 bridgehead atoms. The van der Waals surface area contributed by atoms with Crippen LogP contribution in [-0.2, 0) is 6.18 Å². The van der Waals surface area contributed by atoms with Crippen LogP contribution in [0.4, 0.5) is 18.9 Å². The largest absolute Gasteiger partial charge is 0.417 e. The fraction of sp³-hybridized carbons (Fsp3) is 0.105. The Hall–Kier alpha value is -3.82. The average Bonchev–Trinajstić information content (AvgIpc) is 3.10. The van der Waals surface area contributed by atoms with E-state index in [9.17, 15) is 18.0 Å². The van der Waals surface area contributed by atoms with Crippen LogP contribution in [0.15, 0.2) is 55.1 Å². The van der Waals surface area contributed by atoms with Gasteiger partial charge in [0, 0.05) is 18.0 Å². The van der Waals surface area contributed by atoms with E-state index in [1.807, 2.05) is 0 Å². The van der Waals surface area contributed by atoms with Crippen molar-refractivity contribution in [2.24, 2.45) is 0 Å². The van der Waals surface area contributed by atoms with Crippen molar-refractivity contribution in [3.63, 3.8) is 0 Å². The molecule has 7 nitrogen and oxygen atoms in total. The normalized spacial score (nSPS) is 11.6. The molecule has 146 valence electrons. The molecule has 10 heteroatoms. The molecule has 0 aliphatic heterocycles. The van der Waals surface area contributed by atoms with Crippen molar-refractivity contribution in [2.45, 2.75) is 13.1 Å². The van der Waals surface area contributed by atoms with Gasteiger partial charge in [0.05, 0.1) is 29.3 Å². The molecule has 1 amide bonds. The number of nitrogens with one attached hydrogen (secondary N) is 1. The molecule has 4 rings (SSSR count). The summed E-state index contributed by atoms with van der Waals surface area (Å²) in [4.78, 5) is 24.7. The van der Waals surface area contributed by atoms with Crippen molar-refractivity contribution in [2.75, 3.05) is 5.32 Å². The summed E-state index contributed by atoms with van der Waals surface area (Å²) < 4.78 is 41.4. The van der Waals surface area contributed by atoms with Gasteiger partial charge in [0.2, 0.25) is 0 Å². The molecule has 0 saturated heterocycles. The number of anilines is 1. The standard InChI is InChI=1S/C19H13F3N6O/c1-11-8-24-16(9-23-11)18(29)27-15-10-25-28-7-6-14(26-17(15)28)12-4-2-3-5-13(12)19(20,21)22/h2-10H,1H3,(H,27,29). The number of fused-ring (bicyclic) bond motifs is 1. The fourth-order valence-corrected chi connectivity index (χ4v) is 2.76. The topological polar surface area (TPSA) is 85.1 Å². The van der Waals surface area contributed by atoms with E-state index in [1.165, 1.54) is 53.6 Å². The summed E-state index contributed by atoms with van der Waals surface area (Å²) in [5.41, 5.74) is 0.441. The second-order valence-electron chi connectivity index (χ2n) is 6.18. The van der Waals surface area contributed by atoms with E-state index in [0.717, 1.165) is 6.07 Å². The number of aromatic nitrogens is 5. The Morgan fingerprint density at radius 3 is 2.59 bits per heavy atom. The van der Waals surface area contributed by atoms with Crippen molar-refractivity contribution < 1.29 is 18.0 Å². The second kappa shape index (κ2) is 6.97. The predicted molar refractivity (Wildman–Crippen MR) is 98.1 cm³/mol. The van der Waals surface area contributed by atoms with Gasteiger partial charge in [-0.3, -0.25) is 9.78 Å². The van der Waals surface area contributed by atoms with Gasteiger partial charge in [-0.05, 0) is 19.1 Å². The van der Waals surface area contributed by atoms with Crippen LogP contribution in [0.1, 0.15) is 21.7 Å². The van der Waals surface area contributed by atoms with Gasteiger partial charge in [0.1, 0.15) is 11.4 Å². The van der Waals surface area contributed by atoms with Gasteiger partial charge in [-0.2, -0.15) is 18.3 Å². The summed E-state index contributed by atoms with van der Waals surface area (Å²) in [6.07, 6.45) is 1.10. The number of hydrogen-bond donors (Lipinski definition) is 1. The molecule has 0 aliphatic carbocycles. The first kappa shape index (κ1) is 18.5. The van der Waals surface area contributed by atoms with E-state index in [2.05, 4.69) is 25.4 Å². The molecule has 3 heterocycles. The lowest BCUT2D eigenvalue weighted by molar-refractivity contribution is -0.137. The second-order valence-corrected chi connectivity index (χ2v) is 6.18. The highest BCUT2D eigenvalue weighted by atomic mass is 19.4. The molecule has 0 saturated carbocycles. The minimum absolute atomic E-state index is 0.0645. The SMILES string of the molecule is Cc1cnc(C(=O)Nc2cnn3ccc(-c4ccccc4C(F)(F)F)nc23)cn1. The van der Waals surface area contributed by atoms with E-state index < -0.39 is 17.6 Å². The van der Waals surface area contributed by atoms with Crippen molar-refractivity contribution in [1.82, 2.24) is 24.6 Å². The highest BCUT2D eigenvalue weighted by Crippen LogP contribution is 2.36. The summed E-state index contributed by atoms with van der Waals surface area (Å²) in [6.45, 7) is 1.74. The van der Waals surface area contributed by atoms with Gasteiger partial charge in [-0.1, -0.05) is 18.2 Å². The summed E-state index contributed by atoms with van der Waals surface area (Å²) in [7, 11) is 0. The van der Waals surface area contributed by atoms with E-state index in [0.29, 0.717) is 5.69 Å². The third kappa shape index (κ3) is 3.64. The van der Waals surface area contributed by atoms with Gasteiger partial charge in [-0.15, -0.1) is 0 Å². The Bertz CT molecular complexity index is 1200. The van der Waals surface area contributed by atoms with Gasteiger partial charge < -0.3 is 5.32 Å². The molecular formula is C19H13F3N6O. The first-order valence-electron chi connectivity index (χ1n) is 8.44. The summed E-state index contributed by atoms with van der Waals surface area (Å²) in [6, 6.07) is 6.60. The molecule has 0 atom stereocenters. The van der Waals surface area contributed by atoms with Crippen LogP contribution >= 0.6 is 0 Å². The number of benzene rings is 1. The van der Waals surface area contributed by atoms with Crippen molar-refractivity contribution in [3.8, 4) is 11.3 Å². The fourth-order valence-electron chi connectivity index (χ4n) is 2.76. The smallest absolute Gasteiger partial charge is 0.316 e. The number of carbonyl (C=O) groups is 1. The maximum atomic E-state index is 13.3. The molecule has 0 fully saturated rings. The number of nitrogens with zero attached hydrogens (tertiary/aromatic N) is 5. The third-order valence-corrected chi connectivity index (χ3v) is 4.14. The number of halogens is 3. The molecule has 4 aromatic rings. The zero-order valence-electron chi connectivity index (χ0n) is 15.0. The van der Waals surface area contributed by atoms with Crippen LogP contribution in [0.2, 0.25) is 0 Å². The zero-order valence-corrected chi connectivity index (χ0v) is 15.0. The van der Waals surface area contributed by atoms with Crippen molar-refractivity contribution in [1.29, 1.82) is 0 Å². The van der Waals surface area contributed by atoms with Crippen LogP contribution in [0.5, 0.6) is 0 Å². The molecule has 1 aromatic carbocycles. The minimum atomic E-state index is -4.52. The highest BCUT2D eigenvalue weighted by molar-refractivity contribution is 6.04. The first-order chi connectivity index (χ1) is 13.8. The van der Waals surface area contributed by atoms with Crippen LogP contribution < -0.4 is 5.32 Å². The molecule has 29 heavy (non-hydrogen) atoms. The van der Waals surface area contributed by atoms with Crippen LogP contribution in [0.3, 0.4) is 0 Å². The molecule has 0 unspecified atom stereocenters. The number of amides is 1.